The molecule has 35 heavy (non-hydrogen) atoms. The molecule has 0 unspecified atom stereocenters. The van der Waals surface area contributed by atoms with Gasteiger partial charge in [-0.05, 0) is 66.2 Å². The number of nitrogens with one attached hydrogen (secondary N) is 1. The van der Waals surface area contributed by atoms with Crippen molar-refractivity contribution in [1.29, 1.82) is 0 Å². The summed E-state index contributed by atoms with van der Waals surface area (Å²) >= 11 is 13.2. The number of imide groups is 1. The summed E-state index contributed by atoms with van der Waals surface area (Å²) in [5.74, 6) is -0.260. The second kappa shape index (κ2) is 11.0. The van der Waals surface area contributed by atoms with Gasteiger partial charge in [0.1, 0.15) is 5.75 Å². The Morgan fingerprint density at radius 3 is 2.49 bits per heavy atom. The first kappa shape index (κ1) is 24.9. The Hall–Kier alpha value is -3.26. The second-order valence-electron chi connectivity index (χ2n) is 7.69. The average molecular weight is 527 g/mol. The van der Waals surface area contributed by atoms with Crippen LogP contribution in [-0.4, -0.2) is 28.6 Å². The molecular formula is C26H20Cl2N2O4S. The molecule has 0 aromatic heterocycles. The third-order valence-corrected chi connectivity index (χ3v) is 6.81. The largest absolute Gasteiger partial charge is 0.484 e. The summed E-state index contributed by atoms with van der Waals surface area (Å²) < 4.78 is 5.62. The summed E-state index contributed by atoms with van der Waals surface area (Å²) in [7, 11) is 0. The standard InChI is InChI=1S/C26H20Cl2N2O4S/c1-16-6-2-3-11-22(16)29-24(31)15-34-18-8-4-7-17(12-18)13-23-25(32)30(26(33)35-23)14-19-20(27)9-5-10-21(19)28/h2-13H,14-15H2,1H3,(H,29,31)/b23-13-. The van der Waals surface area contributed by atoms with Gasteiger partial charge in [0.25, 0.3) is 17.1 Å². The number of amides is 3. The molecular weight excluding hydrogens is 507 g/mol. The first-order valence-corrected chi connectivity index (χ1v) is 12.2. The Kier molecular flexibility index (Phi) is 7.80. The number of halogens is 2. The van der Waals surface area contributed by atoms with Gasteiger partial charge in [0, 0.05) is 21.3 Å². The molecule has 3 amide bonds. The highest BCUT2D eigenvalue weighted by Gasteiger charge is 2.35. The van der Waals surface area contributed by atoms with Crippen molar-refractivity contribution in [2.45, 2.75) is 13.5 Å². The molecule has 0 atom stereocenters. The Morgan fingerprint density at radius 2 is 1.74 bits per heavy atom. The van der Waals surface area contributed by atoms with E-state index in [-0.39, 0.29) is 24.0 Å². The number of hydrogen-bond acceptors (Lipinski definition) is 5. The van der Waals surface area contributed by atoms with E-state index < -0.39 is 11.1 Å². The number of aryl methyl sites for hydroxylation is 1. The molecule has 9 heteroatoms. The second-order valence-corrected chi connectivity index (χ2v) is 9.50. The molecule has 0 radical (unpaired) electrons. The van der Waals surface area contributed by atoms with Crippen molar-refractivity contribution >= 4 is 63.8 Å². The zero-order valence-corrected chi connectivity index (χ0v) is 20.9. The predicted molar refractivity (Wildman–Crippen MR) is 140 cm³/mol. The number of hydrogen-bond donors (Lipinski definition) is 1. The van der Waals surface area contributed by atoms with Crippen LogP contribution in [0.25, 0.3) is 6.08 Å². The summed E-state index contributed by atoms with van der Waals surface area (Å²) in [6, 6.07) is 19.4. The summed E-state index contributed by atoms with van der Waals surface area (Å²) in [6.45, 7) is 1.72. The molecule has 1 heterocycles. The van der Waals surface area contributed by atoms with Gasteiger partial charge < -0.3 is 10.1 Å². The van der Waals surface area contributed by atoms with Crippen LogP contribution in [0.2, 0.25) is 10.0 Å². The van der Waals surface area contributed by atoms with Crippen molar-refractivity contribution in [3.8, 4) is 5.75 Å². The molecule has 178 valence electrons. The van der Waals surface area contributed by atoms with Crippen molar-refractivity contribution in [1.82, 2.24) is 4.90 Å². The van der Waals surface area contributed by atoms with E-state index in [1.807, 2.05) is 31.2 Å². The number of nitrogens with zero attached hydrogens (tertiary/aromatic N) is 1. The normalized spacial score (nSPS) is 14.5. The maximum atomic E-state index is 12.9. The van der Waals surface area contributed by atoms with E-state index in [1.165, 1.54) is 0 Å². The zero-order chi connectivity index (χ0) is 24.9. The van der Waals surface area contributed by atoms with Crippen molar-refractivity contribution < 1.29 is 19.1 Å². The fourth-order valence-corrected chi connectivity index (χ4v) is 4.73. The van der Waals surface area contributed by atoms with Gasteiger partial charge in [-0.25, -0.2) is 0 Å². The molecule has 1 aliphatic heterocycles. The molecule has 4 rings (SSSR count). The minimum absolute atomic E-state index is 0.0142. The number of carbonyl (C=O) groups excluding carboxylic acids is 3. The van der Waals surface area contributed by atoms with Crippen molar-refractivity contribution in [3.05, 3.63) is 98.4 Å². The lowest BCUT2D eigenvalue weighted by atomic mass is 10.2. The molecule has 0 bridgehead atoms. The summed E-state index contributed by atoms with van der Waals surface area (Å²) in [6.07, 6.45) is 1.61. The third-order valence-electron chi connectivity index (χ3n) is 5.20. The monoisotopic (exact) mass is 526 g/mol. The highest BCUT2D eigenvalue weighted by molar-refractivity contribution is 8.18. The zero-order valence-electron chi connectivity index (χ0n) is 18.6. The fourth-order valence-electron chi connectivity index (χ4n) is 3.37. The van der Waals surface area contributed by atoms with Gasteiger partial charge in [-0.1, -0.05) is 59.6 Å². The maximum Gasteiger partial charge on any atom is 0.293 e. The van der Waals surface area contributed by atoms with Gasteiger partial charge in [0.05, 0.1) is 11.4 Å². The molecule has 1 saturated heterocycles. The minimum Gasteiger partial charge on any atom is -0.484 e. The summed E-state index contributed by atoms with van der Waals surface area (Å²) in [5.41, 5.74) is 2.85. The Bertz CT molecular complexity index is 1320. The highest BCUT2D eigenvalue weighted by atomic mass is 35.5. The summed E-state index contributed by atoms with van der Waals surface area (Å²) in [4.78, 5) is 39.0. The van der Waals surface area contributed by atoms with E-state index in [9.17, 15) is 14.4 Å². The van der Waals surface area contributed by atoms with Gasteiger partial charge in [0.2, 0.25) is 0 Å². The summed E-state index contributed by atoms with van der Waals surface area (Å²) in [5, 5.41) is 3.18. The molecule has 3 aromatic rings. The van der Waals surface area contributed by atoms with Crippen LogP contribution in [0.15, 0.2) is 71.6 Å². The smallest absolute Gasteiger partial charge is 0.293 e. The third kappa shape index (κ3) is 6.06. The number of anilines is 1. The van der Waals surface area contributed by atoms with Crippen molar-refractivity contribution in [2.75, 3.05) is 11.9 Å². The Labute approximate surface area is 216 Å². The number of para-hydroxylation sites is 1. The van der Waals surface area contributed by atoms with Gasteiger partial charge >= 0.3 is 0 Å². The van der Waals surface area contributed by atoms with Crippen molar-refractivity contribution in [2.24, 2.45) is 0 Å². The Balaban J connectivity index is 1.42. The van der Waals surface area contributed by atoms with E-state index in [1.54, 1.807) is 48.5 Å². The maximum absolute atomic E-state index is 12.9. The van der Waals surface area contributed by atoms with E-state index in [4.69, 9.17) is 27.9 Å². The SMILES string of the molecule is Cc1ccccc1NC(=O)COc1cccc(/C=C2\SC(=O)N(Cc3c(Cl)cccc3Cl)C2=O)c1. The molecule has 1 fully saturated rings. The van der Waals surface area contributed by atoms with Gasteiger partial charge in [-0.15, -0.1) is 0 Å². The molecule has 0 aliphatic carbocycles. The van der Waals surface area contributed by atoms with E-state index in [0.29, 0.717) is 26.9 Å². The Morgan fingerprint density at radius 1 is 1.03 bits per heavy atom. The quantitative estimate of drug-likeness (QED) is 0.353. The van der Waals surface area contributed by atoms with E-state index >= 15 is 0 Å². The molecule has 1 N–H and O–H groups in total. The topological polar surface area (TPSA) is 75.7 Å². The number of ether oxygens (including phenoxy) is 1. The molecule has 1 aliphatic rings. The fraction of sp³-hybridized carbons (Fsp3) is 0.115. The predicted octanol–water partition coefficient (Wildman–Crippen LogP) is 6.56. The van der Waals surface area contributed by atoms with Crippen molar-refractivity contribution in [3.63, 3.8) is 0 Å². The minimum atomic E-state index is -0.431. The molecule has 0 spiro atoms. The van der Waals surface area contributed by atoms with Crippen LogP contribution >= 0.6 is 35.0 Å². The van der Waals surface area contributed by atoms with Gasteiger partial charge in [0.15, 0.2) is 6.61 Å². The molecule has 3 aromatic carbocycles. The van der Waals surface area contributed by atoms with E-state index in [0.717, 1.165) is 27.9 Å². The van der Waals surface area contributed by atoms with Gasteiger partial charge in [-0.2, -0.15) is 0 Å². The number of carbonyl (C=O) groups is 3. The van der Waals surface area contributed by atoms with Gasteiger partial charge in [-0.3, -0.25) is 19.3 Å². The lowest BCUT2D eigenvalue weighted by Gasteiger charge is -2.14. The van der Waals surface area contributed by atoms with Crippen LogP contribution in [0.3, 0.4) is 0 Å². The van der Waals surface area contributed by atoms with E-state index in [2.05, 4.69) is 5.32 Å². The lowest BCUT2D eigenvalue weighted by molar-refractivity contribution is -0.123. The van der Waals surface area contributed by atoms with Crippen LogP contribution in [-0.2, 0) is 16.1 Å². The first-order valence-electron chi connectivity index (χ1n) is 10.6. The van der Waals surface area contributed by atoms with Crippen LogP contribution < -0.4 is 10.1 Å². The molecule has 6 nitrogen and oxygen atoms in total. The van der Waals surface area contributed by atoms with Crippen LogP contribution in [0.4, 0.5) is 10.5 Å². The number of rotatable bonds is 7. The van der Waals surface area contributed by atoms with Crippen LogP contribution in [0.1, 0.15) is 16.7 Å². The van der Waals surface area contributed by atoms with Crippen LogP contribution in [0, 0.1) is 6.92 Å². The first-order chi connectivity index (χ1) is 16.8. The number of thioether (sulfide) groups is 1. The number of benzene rings is 3. The average Bonchev–Trinajstić information content (AvgIpc) is 3.09. The lowest BCUT2D eigenvalue weighted by Crippen LogP contribution is -2.27. The van der Waals surface area contributed by atoms with Crippen LogP contribution in [0.5, 0.6) is 5.75 Å². The highest BCUT2D eigenvalue weighted by Crippen LogP contribution is 2.35. The molecule has 0 saturated carbocycles.